The van der Waals surface area contributed by atoms with E-state index in [1.807, 2.05) is 0 Å². The Morgan fingerprint density at radius 3 is 2.94 bits per heavy atom. The largest absolute Gasteiger partial charge is 0.478 e. The molecule has 0 aliphatic heterocycles. The van der Waals surface area contributed by atoms with Crippen LogP contribution >= 0.6 is 0 Å². The summed E-state index contributed by atoms with van der Waals surface area (Å²) in [7, 11) is 0. The molecule has 2 aromatic heterocycles. The number of rotatable bonds is 3. The second kappa shape index (κ2) is 3.92. The maximum absolute atomic E-state index is 10.7. The van der Waals surface area contributed by atoms with Gasteiger partial charge < -0.3 is 9.52 Å². The lowest BCUT2D eigenvalue weighted by Crippen LogP contribution is -1.96. The van der Waals surface area contributed by atoms with E-state index in [9.17, 15) is 4.79 Å². The Labute approximate surface area is 92.1 Å². The Morgan fingerprint density at radius 1 is 1.56 bits per heavy atom. The first kappa shape index (κ1) is 10.6. The monoisotopic (exact) mass is 220 g/mol. The van der Waals surface area contributed by atoms with Crippen molar-refractivity contribution in [2.45, 2.75) is 20.3 Å². The molecule has 0 amide bonds. The molecule has 0 saturated heterocycles. The van der Waals surface area contributed by atoms with Gasteiger partial charge in [-0.2, -0.15) is 0 Å². The van der Waals surface area contributed by atoms with Crippen LogP contribution in [0.25, 0.3) is 11.2 Å². The predicted molar refractivity (Wildman–Crippen MR) is 57.3 cm³/mol. The van der Waals surface area contributed by atoms with Gasteiger partial charge in [-0.05, 0) is 12.0 Å². The summed E-state index contributed by atoms with van der Waals surface area (Å²) in [6.45, 7) is 4.12. The zero-order valence-electron chi connectivity index (χ0n) is 9.10. The molecule has 0 fully saturated rings. The lowest BCUT2D eigenvalue weighted by atomic mass is 10.1. The molecule has 84 valence electrons. The van der Waals surface area contributed by atoms with E-state index < -0.39 is 5.97 Å². The van der Waals surface area contributed by atoms with Crippen LogP contribution in [0.15, 0.2) is 16.7 Å². The normalized spacial score (nSPS) is 11.2. The van der Waals surface area contributed by atoms with Gasteiger partial charge in [0, 0.05) is 12.6 Å². The molecule has 2 aromatic rings. The number of oxazole rings is 1. The third-order valence-corrected chi connectivity index (χ3v) is 2.12. The molecule has 2 rings (SSSR count). The molecule has 0 spiro atoms. The summed E-state index contributed by atoms with van der Waals surface area (Å²) in [5.74, 6) is 0.0230. The summed E-state index contributed by atoms with van der Waals surface area (Å²) in [4.78, 5) is 18.9. The van der Waals surface area contributed by atoms with Crippen LogP contribution in [0.2, 0.25) is 0 Å². The summed E-state index contributed by atoms with van der Waals surface area (Å²) in [6.07, 6.45) is 1.99. The van der Waals surface area contributed by atoms with Gasteiger partial charge in [-0.1, -0.05) is 13.8 Å². The van der Waals surface area contributed by atoms with Crippen molar-refractivity contribution in [2.24, 2.45) is 5.92 Å². The van der Waals surface area contributed by atoms with Crippen LogP contribution in [-0.4, -0.2) is 21.0 Å². The molecule has 2 heterocycles. The van der Waals surface area contributed by atoms with Gasteiger partial charge in [-0.15, -0.1) is 0 Å². The molecular formula is C11H12N2O3. The van der Waals surface area contributed by atoms with Gasteiger partial charge in [0.15, 0.2) is 5.89 Å². The van der Waals surface area contributed by atoms with Crippen molar-refractivity contribution in [1.82, 2.24) is 9.97 Å². The van der Waals surface area contributed by atoms with Gasteiger partial charge in [0.1, 0.15) is 5.52 Å². The van der Waals surface area contributed by atoms with E-state index in [0.717, 1.165) is 6.42 Å². The van der Waals surface area contributed by atoms with Crippen molar-refractivity contribution in [3.8, 4) is 0 Å². The Kier molecular flexibility index (Phi) is 2.60. The number of fused-ring (bicyclic) bond motifs is 1. The number of carboxylic acid groups (broad SMARTS) is 1. The number of carbonyl (C=O) groups is 1. The average Bonchev–Trinajstić information content (AvgIpc) is 2.56. The van der Waals surface area contributed by atoms with E-state index in [1.165, 1.54) is 12.3 Å². The van der Waals surface area contributed by atoms with Crippen LogP contribution in [0.5, 0.6) is 0 Å². The van der Waals surface area contributed by atoms with Crippen molar-refractivity contribution >= 4 is 17.2 Å². The molecule has 0 atom stereocenters. The van der Waals surface area contributed by atoms with Gasteiger partial charge >= 0.3 is 5.97 Å². The average molecular weight is 220 g/mol. The van der Waals surface area contributed by atoms with Crippen molar-refractivity contribution in [1.29, 1.82) is 0 Å². The van der Waals surface area contributed by atoms with Crippen molar-refractivity contribution in [2.75, 3.05) is 0 Å². The first-order valence-corrected chi connectivity index (χ1v) is 5.05. The fourth-order valence-electron chi connectivity index (χ4n) is 1.42. The second-order valence-corrected chi connectivity index (χ2v) is 4.06. The summed E-state index contributed by atoms with van der Waals surface area (Å²) >= 11 is 0. The SMILES string of the molecule is CC(C)Cc1nc2cc(C(=O)O)cnc2o1. The highest BCUT2D eigenvalue weighted by molar-refractivity contribution is 5.90. The molecule has 0 radical (unpaired) electrons. The zero-order chi connectivity index (χ0) is 11.7. The number of carboxylic acids is 1. The molecule has 0 aliphatic rings. The smallest absolute Gasteiger partial charge is 0.337 e. The maximum atomic E-state index is 10.7. The predicted octanol–water partition coefficient (Wildman–Crippen LogP) is 2.12. The molecule has 0 saturated carbocycles. The molecular weight excluding hydrogens is 208 g/mol. The topological polar surface area (TPSA) is 76.2 Å². The minimum absolute atomic E-state index is 0.122. The third kappa shape index (κ3) is 2.03. The molecule has 0 aromatic carbocycles. The lowest BCUT2D eigenvalue weighted by Gasteiger charge is -1.96. The van der Waals surface area contributed by atoms with E-state index in [0.29, 0.717) is 23.0 Å². The highest BCUT2D eigenvalue weighted by Gasteiger charge is 2.11. The highest BCUT2D eigenvalue weighted by atomic mass is 16.4. The first-order chi connectivity index (χ1) is 7.56. The van der Waals surface area contributed by atoms with E-state index in [-0.39, 0.29) is 5.56 Å². The summed E-state index contributed by atoms with van der Waals surface area (Å²) < 4.78 is 5.40. The standard InChI is InChI=1S/C11H12N2O3/c1-6(2)3-9-13-8-4-7(11(14)15)5-12-10(8)16-9/h4-6H,3H2,1-2H3,(H,14,15). The summed E-state index contributed by atoms with van der Waals surface area (Å²) in [6, 6.07) is 1.47. The zero-order valence-corrected chi connectivity index (χ0v) is 9.10. The fraction of sp³-hybridized carbons (Fsp3) is 0.364. The molecule has 5 nitrogen and oxygen atoms in total. The summed E-state index contributed by atoms with van der Waals surface area (Å²) in [5, 5.41) is 8.80. The van der Waals surface area contributed by atoms with Crippen LogP contribution in [0, 0.1) is 5.92 Å². The Bertz CT molecular complexity index is 531. The van der Waals surface area contributed by atoms with Gasteiger partial charge in [0.05, 0.1) is 5.56 Å². The molecule has 0 aliphatic carbocycles. The van der Waals surface area contributed by atoms with E-state index in [2.05, 4.69) is 23.8 Å². The van der Waals surface area contributed by atoms with Gasteiger partial charge in [0.2, 0.25) is 5.71 Å². The quantitative estimate of drug-likeness (QED) is 0.857. The third-order valence-electron chi connectivity index (χ3n) is 2.12. The second-order valence-electron chi connectivity index (χ2n) is 4.06. The number of nitrogens with zero attached hydrogens (tertiary/aromatic N) is 2. The van der Waals surface area contributed by atoms with Crippen LogP contribution in [0.4, 0.5) is 0 Å². The molecule has 1 N–H and O–H groups in total. The van der Waals surface area contributed by atoms with Gasteiger partial charge in [-0.25, -0.2) is 14.8 Å². The molecule has 5 heteroatoms. The van der Waals surface area contributed by atoms with Gasteiger partial charge in [0.25, 0.3) is 0 Å². The first-order valence-electron chi connectivity index (χ1n) is 5.05. The summed E-state index contributed by atoms with van der Waals surface area (Å²) in [5.41, 5.74) is 1.01. The van der Waals surface area contributed by atoms with Crippen LogP contribution in [-0.2, 0) is 6.42 Å². The minimum Gasteiger partial charge on any atom is -0.478 e. The minimum atomic E-state index is -1.01. The highest BCUT2D eigenvalue weighted by Crippen LogP contribution is 2.16. The number of hydrogen-bond acceptors (Lipinski definition) is 4. The van der Waals surface area contributed by atoms with Gasteiger partial charge in [-0.3, -0.25) is 0 Å². The Morgan fingerprint density at radius 2 is 2.31 bits per heavy atom. The van der Waals surface area contributed by atoms with E-state index in [1.54, 1.807) is 0 Å². The Balaban J connectivity index is 2.42. The van der Waals surface area contributed by atoms with Crippen molar-refractivity contribution in [3.05, 3.63) is 23.7 Å². The van der Waals surface area contributed by atoms with E-state index in [4.69, 9.17) is 9.52 Å². The fourth-order valence-corrected chi connectivity index (χ4v) is 1.42. The van der Waals surface area contributed by atoms with Crippen LogP contribution < -0.4 is 0 Å². The number of hydrogen-bond donors (Lipinski definition) is 1. The van der Waals surface area contributed by atoms with Crippen LogP contribution in [0.3, 0.4) is 0 Å². The van der Waals surface area contributed by atoms with Crippen LogP contribution in [0.1, 0.15) is 30.1 Å². The molecule has 16 heavy (non-hydrogen) atoms. The number of pyridine rings is 1. The van der Waals surface area contributed by atoms with Crippen molar-refractivity contribution in [3.63, 3.8) is 0 Å². The maximum Gasteiger partial charge on any atom is 0.337 e. The number of aromatic nitrogens is 2. The molecule has 0 unspecified atom stereocenters. The van der Waals surface area contributed by atoms with E-state index >= 15 is 0 Å². The lowest BCUT2D eigenvalue weighted by molar-refractivity contribution is 0.0696. The van der Waals surface area contributed by atoms with Crippen molar-refractivity contribution < 1.29 is 14.3 Å². The number of aromatic carboxylic acids is 1. The molecule has 0 bridgehead atoms. The Hall–Kier alpha value is -1.91.